The second kappa shape index (κ2) is 5.03. The zero-order chi connectivity index (χ0) is 12.3. The van der Waals surface area contributed by atoms with Crippen LogP contribution in [-0.4, -0.2) is 31.9 Å². The highest BCUT2D eigenvalue weighted by molar-refractivity contribution is 7.89. The van der Waals surface area contributed by atoms with Crippen LogP contribution < -0.4 is 10.0 Å². The number of hydrogen-bond donors (Lipinski definition) is 3. The lowest BCUT2D eigenvalue weighted by Crippen LogP contribution is -2.49. The van der Waals surface area contributed by atoms with Gasteiger partial charge in [-0.2, -0.15) is 0 Å². The van der Waals surface area contributed by atoms with Crippen LogP contribution in [0.5, 0.6) is 5.75 Å². The lowest BCUT2D eigenvalue weighted by Gasteiger charge is -2.27. The highest BCUT2D eigenvalue weighted by Crippen LogP contribution is 2.10. The molecule has 1 fully saturated rings. The third kappa shape index (κ3) is 3.69. The molecule has 3 N–H and O–H groups in total. The van der Waals surface area contributed by atoms with Crippen molar-refractivity contribution in [1.82, 2.24) is 10.0 Å². The number of aromatic hydroxyl groups is 1. The van der Waals surface area contributed by atoms with Crippen molar-refractivity contribution >= 4 is 10.0 Å². The number of nitrogens with one attached hydrogen (secondary N) is 2. The van der Waals surface area contributed by atoms with Gasteiger partial charge in [-0.1, -0.05) is 12.1 Å². The summed E-state index contributed by atoms with van der Waals surface area (Å²) < 4.78 is 25.9. The van der Waals surface area contributed by atoms with E-state index in [2.05, 4.69) is 10.0 Å². The zero-order valence-corrected chi connectivity index (χ0v) is 10.2. The molecule has 0 bridgehead atoms. The number of sulfonamides is 1. The van der Waals surface area contributed by atoms with Gasteiger partial charge in [-0.3, -0.25) is 0 Å². The largest absolute Gasteiger partial charge is 0.508 e. The van der Waals surface area contributed by atoms with Crippen molar-refractivity contribution < 1.29 is 13.5 Å². The van der Waals surface area contributed by atoms with Crippen molar-refractivity contribution in [2.24, 2.45) is 0 Å². The van der Waals surface area contributed by atoms with Gasteiger partial charge in [0.1, 0.15) is 5.75 Å². The Bertz CT molecular complexity index is 466. The summed E-state index contributed by atoms with van der Waals surface area (Å²) in [6.07, 6.45) is 0.917. The summed E-state index contributed by atoms with van der Waals surface area (Å²) in [4.78, 5) is 0. The van der Waals surface area contributed by atoms with Gasteiger partial charge in [0.2, 0.25) is 10.0 Å². The molecule has 1 aromatic rings. The van der Waals surface area contributed by atoms with E-state index in [1.54, 1.807) is 12.1 Å². The van der Waals surface area contributed by atoms with Crippen molar-refractivity contribution in [3.63, 3.8) is 0 Å². The van der Waals surface area contributed by atoms with E-state index in [0.717, 1.165) is 18.5 Å². The fourth-order valence-electron chi connectivity index (χ4n) is 1.62. The van der Waals surface area contributed by atoms with Crippen molar-refractivity contribution in [1.29, 1.82) is 0 Å². The van der Waals surface area contributed by atoms with Gasteiger partial charge >= 0.3 is 0 Å². The molecule has 1 heterocycles. The molecule has 1 atom stereocenters. The van der Waals surface area contributed by atoms with Gasteiger partial charge in [0.25, 0.3) is 0 Å². The van der Waals surface area contributed by atoms with Crippen LogP contribution in [0, 0.1) is 0 Å². The summed E-state index contributed by atoms with van der Waals surface area (Å²) in [6, 6.07) is 6.56. The minimum atomic E-state index is -3.22. The molecule has 1 unspecified atom stereocenters. The Hall–Kier alpha value is -1.11. The molecular weight excluding hydrogens is 240 g/mol. The Kier molecular flexibility index (Phi) is 3.66. The summed E-state index contributed by atoms with van der Waals surface area (Å²) >= 11 is 0. The quantitative estimate of drug-likeness (QED) is 0.702. The Morgan fingerprint density at radius 3 is 2.53 bits per heavy atom. The van der Waals surface area contributed by atoms with Crippen LogP contribution in [0.1, 0.15) is 12.0 Å². The minimum absolute atomic E-state index is 0.0901. The van der Waals surface area contributed by atoms with Gasteiger partial charge in [-0.05, 0) is 30.7 Å². The Labute approximate surface area is 101 Å². The molecule has 1 aromatic carbocycles. The van der Waals surface area contributed by atoms with Gasteiger partial charge in [-0.15, -0.1) is 0 Å². The van der Waals surface area contributed by atoms with E-state index in [9.17, 15) is 8.42 Å². The molecule has 0 radical (unpaired) electrons. The predicted molar refractivity (Wildman–Crippen MR) is 65.1 cm³/mol. The number of hydrogen-bond acceptors (Lipinski definition) is 4. The zero-order valence-electron chi connectivity index (χ0n) is 9.39. The van der Waals surface area contributed by atoms with E-state index >= 15 is 0 Å². The molecule has 1 saturated heterocycles. The topological polar surface area (TPSA) is 78.4 Å². The molecule has 2 rings (SSSR count). The van der Waals surface area contributed by atoms with Crippen molar-refractivity contribution in [2.75, 3.05) is 12.3 Å². The van der Waals surface area contributed by atoms with Crippen LogP contribution in [-0.2, 0) is 16.6 Å². The fraction of sp³-hybridized carbons (Fsp3) is 0.455. The molecule has 0 aromatic heterocycles. The molecule has 0 amide bonds. The van der Waals surface area contributed by atoms with Crippen molar-refractivity contribution in [2.45, 2.75) is 19.0 Å². The summed E-state index contributed by atoms with van der Waals surface area (Å²) in [5.41, 5.74) is 0.827. The van der Waals surface area contributed by atoms with Crippen LogP contribution >= 0.6 is 0 Å². The fourth-order valence-corrected chi connectivity index (χ4v) is 2.94. The minimum Gasteiger partial charge on any atom is -0.508 e. The number of phenolic OH excluding ortho intramolecular Hbond substituents is 1. The van der Waals surface area contributed by atoms with Crippen LogP contribution in [0.3, 0.4) is 0 Å². The molecule has 0 spiro atoms. The second-order valence-electron chi connectivity index (χ2n) is 4.21. The number of phenols is 1. The van der Waals surface area contributed by atoms with Crippen LogP contribution in [0.25, 0.3) is 0 Å². The maximum Gasteiger partial charge on any atom is 0.213 e. The Balaban J connectivity index is 1.86. The molecule has 94 valence electrons. The predicted octanol–water partition coefficient (Wildman–Crippen LogP) is 0.174. The maximum atomic E-state index is 11.7. The highest BCUT2D eigenvalue weighted by atomic mass is 32.2. The third-order valence-electron chi connectivity index (χ3n) is 2.78. The maximum absolute atomic E-state index is 11.7. The normalized spacial score (nSPS) is 19.9. The Morgan fingerprint density at radius 1 is 1.35 bits per heavy atom. The first-order valence-electron chi connectivity index (χ1n) is 5.54. The van der Waals surface area contributed by atoms with Crippen LogP contribution in [0.4, 0.5) is 0 Å². The summed E-state index contributed by atoms with van der Waals surface area (Å²) in [7, 11) is -3.22. The van der Waals surface area contributed by atoms with Gasteiger partial charge in [0.05, 0.1) is 5.75 Å². The average molecular weight is 256 g/mol. The van der Waals surface area contributed by atoms with Gasteiger partial charge in [0.15, 0.2) is 0 Å². The average Bonchev–Trinajstić information content (AvgIpc) is 2.23. The first kappa shape index (κ1) is 12.3. The first-order chi connectivity index (χ1) is 8.05. The number of rotatable bonds is 5. The number of benzene rings is 1. The Morgan fingerprint density at radius 2 is 2.00 bits per heavy atom. The van der Waals surface area contributed by atoms with E-state index in [1.807, 2.05) is 0 Å². The van der Waals surface area contributed by atoms with Gasteiger partial charge in [0, 0.05) is 12.6 Å². The van der Waals surface area contributed by atoms with E-state index < -0.39 is 10.0 Å². The molecule has 1 aliphatic rings. The first-order valence-corrected chi connectivity index (χ1v) is 7.19. The molecule has 5 nitrogen and oxygen atoms in total. The van der Waals surface area contributed by atoms with Crippen molar-refractivity contribution in [3.05, 3.63) is 29.8 Å². The van der Waals surface area contributed by atoms with Crippen LogP contribution in [0.2, 0.25) is 0 Å². The smallest absolute Gasteiger partial charge is 0.213 e. The van der Waals surface area contributed by atoms with Crippen LogP contribution in [0.15, 0.2) is 24.3 Å². The molecular formula is C11H16N2O3S. The molecule has 6 heteroatoms. The third-order valence-corrected chi connectivity index (χ3v) is 4.20. The van der Waals surface area contributed by atoms with E-state index in [4.69, 9.17) is 5.11 Å². The molecule has 17 heavy (non-hydrogen) atoms. The van der Waals surface area contributed by atoms with E-state index in [0.29, 0.717) is 0 Å². The van der Waals surface area contributed by atoms with Crippen molar-refractivity contribution in [3.8, 4) is 5.75 Å². The second-order valence-corrected chi connectivity index (χ2v) is 6.06. The van der Waals surface area contributed by atoms with E-state index in [-0.39, 0.29) is 24.1 Å². The molecule has 1 aliphatic heterocycles. The van der Waals surface area contributed by atoms with Gasteiger partial charge in [-0.25, -0.2) is 13.1 Å². The highest BCUT2D eigenvalue weighted by Gasteiger charge is 2.23. The SMILES string of the molecule is O=S(=O)(CC1CCN1)NCc1ccc(O)cc1. The summed E-state index contributed by atoms with van der Waals surface area (Å²) in [6.45, 7) is 1.16. The van der Waals surface area contributed by atoms with E-state index in [1.165, 1.54) is 12.1 Å². The molecule has 0 aliphatic carbocycles. The van der Waals surface area contributed by atoms with Gasteiger partial charge < -0.3 is 10.4 Å². The monoisotopic (exact) mass is 256 g/mol. The lowest BCUT2D eigenvalue weighted by atomic mass is 10.1. The lowest BCUT2D eigenvalue weighted by molar-refractivity contribution is 0.397. The standard InChI is InChI=1S/C11H16N2O3S/c14-11-3-1-9(2-4-11)7-13-17(15,16)8-10-5-6-12-10/h1-4,10,12-14H,5-8H2. The summed E-state index contributed by atoms with van der Waals surface area (Å²) in [5, 5.41) is 12.2. The molecule has 0 saturated carbocycles. The summed E-state index contributed by atoms with van der Waals surface area (Å²) in [5.74, 6) is 0.306.